The molecular weight excluding hydrogens is 350 g/mol. The zero-order chi connectivity index (χ0) is 18.8. The Morgan fingerprint density at radius 1 is 1.07 bits per heavy atom. The second-order valence-electron chi connectivity index (χ2n) is 7.66. The van der Waals surface area contributed by atoms with Gasteiger partial charge in [0.1, 0.15) is 5.65 Å². The van der Waals surface area contributed by atoms with Crippen molar-refractivity contribution in [3.05, 3.63) is 59.4 Å². The number of aryl methyl sites for hydroxylation is 1. The van der Waals surface area contributed by atoms with Crippen LogP contribution in [0.15, 0.2) is 53.7 Å². The lowest BCUT2D eigenvalue weighted by Crippen LogP contribution is -2.29. The van der Waals surface area contributed by atoms with Gasteiger partial charge in [-0.05, 0) is 49.1 Å². The highest BCUT2D eigenvalue weighted by Gasteiger charge is 2.26. The maximum absolute atomic E-state index is 12.9. The summed E-state index contributed by atoms with van der Waals surface area (Å²) in [5.41, 5.74) is 5.87. The van der Waals surface area contributed by atoms with Crippen molar-refractivity contribution in [2.45, 2.75) is 25.3 Å². The van der Waals surface area contributed by atoms with Crippen molar-refractivity contribution in [1.82, 2.24) is 24.1 Å². The second-order valence-corrected chi connectivity index (χ2v) is 7.66. The molecule has 4 aromatic heterocycles. The monoisotopic (exact) mass is 369 g/mol. The first-order valence-corrected chi connectivity index (χ1v) is 9.64. The molecule has 4 heterocycles. The summed E-state index contributed by atoms with van der Waals surface area (Å²) >= 11 is 0. The van der Waals surface area contributed by atoms with E-state index in [1.54, 1.807) is 4.57 Å². The molecule has 0 bridgehead atoms. The lowest BCUT2D eigenvalue weighted by molar-refractivity contribution is 0.312. The van der Waals surface area contributed by atoms with E-state index in [1.165, 1.54) is 6.42 Å². The maximum Gasteiger partial charge on any atom is 0.329 e. The van der Waals surface area contributed by atoms with Crippen molar-refractivity contribution in [2.24, 2.45) is 7.05 Å². The first kappa shape index (κ1) is 15.6. The van der Waals surface area contributed by atoms with Gasteiger partial charge in [-0.3, -0.25) is 14.1 Å². The SMILES string of the molecule is Cn1c(=O)n(C2CCC2)c2c3cc(-c4cnc5[nH]ccc5c4)ccc3ncc21. The van der Waals surface area contributed by atoms with Crippen molar-refractivity contribution < 1.29 is 0 Å². The number of fused-ring (bicyclic) bond motifs is 4. The van der Waals surface area contributed by atoms with Gasteiger partial charge in [0, 0.05) is 41.8 Å². The molecular formula is C22H19N5O. The molecule has 6 heteroatoms. The van der Waals surface area contributed by atoms with Crippen molar-refractivity contribution >= 4 is 33.0 Å². The summed E-state index contributed by atoms with van der Waals surface area (Å²) in [6.07, 6.45) is 8.92. The molecule has 0 radical (unpaired) electrons. The molecule has 1 fully saturated rings. The van der Waals surface area contributed by atoms with Crippen LogP contribution in [-0.4, -0.2) is 24.1 Å². The summed E-state index contributed by atoms with van der Waals surface area (Å²) < 4.78 is 3.71. The zero-order valence-electron chi connectivity index (χ0n) is 15.5. The third kappa shape index (κ3) is 2.05. The molecule has 6 nitrogen and oxygen atoms in total. The standard InChI is InChI=1S/C22H19N5O/c1-26-19-12-24-18-6-5-13(15-9-14-7-8-23-21(14)25-11-15)10-17(18)20(19)27(22(26)28)16-3-2-4-16/h5-12,16H,2-4H2,1H3,(H,23,25). The van der Waals surface area contributed by atoms with Crippen LogP contribution in [0.25, 0.3) is 44.1 Å². The van der Waals surface area contributed by atoms with Gasteiger partial charge in [-0.2, -0.15) is 0 Å². The molecule has 0 spiro atoms. The number of nitrogens with zero attached hydrogens (tertiary/aromatic N) is 4. The van der Waals surface area contributed by atoms with Gasteiger partial charge in [0.25, 0.3) is 0 Å². The molecule has 0 aliphatic heterocycles. The molecule has 0 unspecified atom stereocenters. The smallest absolute Gasteiger partial charge is 0.329 e. The Morgan fingerprint density at radius 2 is 1.96 bits per heavy atom. The van der Waals surface area contributed by atoms with Crippen LogP contribution in [0.4, 0.5) is 0 Å². The highest BCUT2D eigenvalue weighted by molar-refractivity contribution is 6.04. The van der Waals surface area contributed by atoms with Gasteiger partial charge in [0.05, 0.1) is 22.7 Å². The van der Waals surface area contributed by atoms with Crippen molar-refractivity contribution in [3.63, 3.8) is 0 Å². The fraction of sp³-hybridized carbons (Fsp3) is 0.227. The minimum Gasteiger partial charge on any atom is -0.346 e. The van der Waals surface area contributed by atoms with E-state index in [2.05, 4.69) is 33.2 Å². The normalized spacial score (nSPS) is 14.9. The number of aromatic nitrogens is 5. The predicted molar refractivity (Wildman–Crippen MR) is 110 cm³/mol. The molecule has 1 N–H and O–H groups in total. The van der Waals surface area contributed by atoms with Crippen molar-refractivity contribution in [1.29, 1.82) is 0 Å². The lowest BCUT2D eigenvalue weighted by atomic mass is 9.92. The average molecular weight is 369 g/mol. The molecule has 0 saturated heterocycles. The summed E-state index contributed by atoms with van der Waals surface area (Å²) in [5.74, 6) is 0. The van der Waals surface area contributed by atoms with Crippen molar-refractivity contribution in [3.8, 4) is 11.1 Å². The number of benzene rings is 1. The van der Waals surface area contributed by atoms with Gasteiger partial charge < -0.3 is 4.98 Å². The molecule has 1 aliphatic rings. The van der Waals surface area contributed by atoms with E-state index in [0.29, 0.717) is 6.04 Å². The second kappa shape index (κ2) is 5.55. The fourth-order valence-corrected chi connectivity index (χ4v) is 4.29. The Labute approximate surface area is 160 Å². The van der Waals surface area contributed by atoms with E-state index >= 15 is 0 Å². The van der Waals surface area contributed by atoms with Crippen LogP contribution in [0.5, 0.6) is 0 Å². The molecule has 138 valence electrons. The highest BCUT2D eigenvalue weighted by atomic mass is 16.1. The topological polar surface area (TPSA) is 68.5 Å². The molecule has 1 saturated carbocycles. The Bertz CT molecular complexity index is 1430. The summed E-state index contributed by atoms with van der Waals surface area (Å²) in [6.45, 7) is 0. The van der Waals surface area contributed by atoms with E-state index in [4.69, 9.17) is 0 Å². The molecule has 1 aromatic carbocycles. The largest absolute Gasteiger partial charge is 0.346 e. The number of nitrogens with one attached hydrogen (secondary N) is 1. The van der Waals surface area contributed by atoms with E-state index < -0.39 is 0 Å². The summed E-state index contributed by atoms with van der Waals surface area (Å²) in [4.78, 5) is 25.2. The van der Waals surface area contributed by atoms with Crippen LogP contribution in [0.3, 0.4) is 0 Å². The Balaban J connectivity index is 1.66. The molecule has 0 atom stereocenters. The Kier molecular flexibility index (Phi) is 3.10. The van der Waals surface area contributed by atoms with E-state index in [9.17, 15) is 4.79 Å². The zero-order valence-corrected chi connectivity index (χ0v) is 15.5. The van der Waals surface area contributed by atoms with Crippen LogP contribution < -0.4 is 5.69 Å². The number of H-pyrrole nitrogens is 1. The first-order valence-electron chi connectivity index (χ1n) is 9.64. The van der Waals surface area contributed by atoms with E-state index in [1.807, 2.05) is 42.3 Å². The van der Waals surface area contributed by atoms with Gasteiger partial charge in [-0.25, -0.2) is 9.78 Å². The summed E-state index contributed by atoms with van der Waals surface area (Å²) in [6, 6.07) is 10.7. The quantitative estimate of drug-likeness (QED) is 0.508. The summed E-state index contributed by atoms with van der Waals surface area (Å²) in [7, 11) is 1.83. The lowest BCUT2D eigenvalue weighted by Gasteiger charge is -2.27. The van der Waals surface area contributed by atoms with Gasteiger partial charge >= 0.3 is 5.69 Å². The number of imidazole rings is 1. The van der Waals surface area contributed by atoms with Gasteiger partial charge in [-0.1, -0.05) is 6.07 Å². The van der Waals surface area contributed by atoms with Crippen LogP contribution >= 0.6 is 0 Å². The maximum atomic E-state index is 12.9. The molecule has 28 heavy (non-hydrogen) atoms. The predicted octanol–water partition coefficient (Wildman–Crippen LogP) is 4.16. The summed E-state index contributed by atoms with van der Waals surface area (Å²) in [5, 5.41) is 2.11. The minimum atomic E-state index is 0.0508. The minimum absolute atomic E-state index is 0.0508. The first-order chi connectivity index (χ1) is 13.7. The van der Waals surface area contributed by atoms with Crippen LogP contribution in [-0.2, 0) is 7.05 Å². The van der Waals surface area contributed by atoms with Gasteiger partial charge in [0.2, 0.25) is 0 Å². The number of rotatable bonds is 2. The van der Waals surface area contributed by atoms with Crippen LogP contribution in [0, 0.1) is 0 Å². The van der Waals surface area contributed by atoms with Crippen molar-refractivity contribution in [2.75, 3.05) is 0 Å². The average Bonchev–Trinajstić information content (AvgIpc) is 3.24. The third-order valence-corrected chi connectivity index (χ3v) is 6.09. The number of aromatic amines is 1. The van der Waals surface area contributed by atoms with E-state index in [0.717, 1.165) is 56.9 Å². The van der Waals surface area contributed by atoms with Gasteiger partial charge in [0.15, 0.2) is 0 Å². The Morgan fingerprint density at radius 3 is 2.79 bits per heavy atom. The number of hydrogen-bond acceptors (Lipinski definition) is 3. The third-order valence-electron chi connectivity index (χ3n) is 6.09. The van der Waals surface area contributed by atoms with Crippen LogP contribution in [0.1, 0.15) is 25.3 Å². The Hall–Kier alpha value is -3.41. The molecule has 1 aliphatic carbocycles. The fourth-order valence-electron chi connectivity index (χ4n) is 4.29. The number of hydrogen-bond donors (Lipinski definition) is 1. The molecule has 0 amide bonds. The number of pyridine rings is 2. The highest BCUT2D eigenvalue weighted by Crippen LogP contribution is 2.36. The van der Waals surface area contributed by atoms with E-state index in [-0.39, 0.29) is 5.69 Å². The molecule has 6 rings (SSSR count). The van der Waals surface area contributed by atoms with Gasteiger partial charge in [-0.15, -0.1) is 0 Å². The van der Waals surface area contributed by atoms with Crippen LogP contribution in [0.2, 0.25) is 0 Å². The molecule has 5 aromatic rings.